The molecule has 1 rings (SSSR count). The smallest absolute Gasteiger partial charge is 0.183 e. The van der Waals surface area contributed by atoms with E-state index in [4.69, 9.17) is 16.9 Å². The number of thioether (sulfide) groups is 1. The Morgan fingerprint density at radius 2 is 2.31 bits per heavy atom. The fourth-order valence-corrected chi connectivity index (χ4v) is 1.53. The lowest BCUT2D eigenvalue weighted by Gasteiger charge is -2.03. The molecule has 0 aliphatic rings. The SMILES string of the molecule is CSC(=Nc1cc(F)c(C)c(Cl)c1)NC#N. The highest BCUT2D eigenvalue weighted by molar-refractivity contribution is 8.13. The molecule has 0 saturated carbocycles. The molecule has 0 aliphatic carbocycles. The molecule has 1 N–H and O–H groups in total. The summed E-state index contributed by atoms with van der Waals surface area (Å²) in [6, 6.07) is 2.83. The summed E-state index contributed by atoms with van der Waals surface area (Å²) >= 11 is 7.08. The van der Waals surface area contributed by atoms with Crippen molar-refractivity contribution in [3.8, 4) is 6.19 Å². The molecule has 1 aromatic carbocycles. The summed E-state index contributed by atoms with van der Waals surface area (Å²) in [5.41, 5.74) is 0.764. The Bertz CT molecular complexity index is 445. The summed E-state index contributed by atoms with van der Waals surface area (Å²) in [5.74, 6) is -0.413. The zero-order chi connectivity index (χ0) is 12.1. The highest BCUT2D eigenvalue weighted by Gasteiger charge is 2.05. The van der Waals surface area contributed by atoms with E-state index in [2.05, 4.69) is 10.3 Å². The van der Waals surface area contributed by atoms with Crippen molar-refractivity contribution < 1.29 is 4.39 Å². The third-order valence-electron chi connectivity index (χ3n) is 1.85. The van der Waals surface area contributed by atoms with E-state index in [1.54, 1.807) is 25.4 Å². The highest BCUT2D eigenvalue weighted by Crippen LogP contribution is 2.25. The van der Waals surface area contributed by atoms with Crippen LogP contribution in [0, 0.1) is 24.2 Å². The Balaban J connectivity index is 3.11. The number of nitriles is 1. The van der Waals surface area contributed by atoms with E-state index < -0.39 is 5.82 Å². The van der Waals surface area contributed by atoms with Crippen LogP contribution in [0.25, 0.3) is 0 Å². The third kappa shape index (κ3) is 3.12. The number of halogens is 2. The number of hydrogen-bond donors (Lipinski definition) is 1. The number of nitrogens with zero attached hydrogens (tertiary/aromatic N) is 2. The lowest BCUT2D eigenvalue weighted by molar-refractivity contribution is 0.619. The minimum absolute atomic E-state index is 0.316. The van der Waals surface area contributed by atoms with Crippen LogP contribution in [0.3, 0.4) is 0 Å². The summed E-state index contributed by atoms with van der Waals surface area (Å²) in [5, 5.41) is 11.5. The zero-order valence-corrected chi connectivity index (χ0v) is 10.3. The van der Waals surface area contributed by atoms with Gasteiger partial charge in [0.15, 0.2) is 11.4 Å². The second-order valence-corrected chi connectivity index (χ2v) is 4.09. The van der Waals surface area contributed by atoms with Gasteiger partial charge in [-0.05, 0) is 25.3 Å². The van der Waals surface area contributed by atoms with Gasteiger partial charge in [0.25, 0.3) is 0 Å². The average molecular weight is 258 g/mol. The maximum Gasteiger partial charge on any atom is 0.183 e. The number of nitrogens with one attached hydrogen (secondary N) is 1. The van der Waals surface area contributed by atoms with Crippen molar-refractivity contribution in [3.05, 3.63) is 28.5 Å². The van der Waals surface area contributed by atoms with Gasteiger partial charge < -0.3 is 0 Å². The first-order valence-corrected chi connectivity index (χ1v) is 5.92. The molecule has 0 heterocycles. The quantitative estimate of drug-likeness (QED) is 0.364. The second kappa shape index (κ2) is 5.73. The molecular weight excluding hydrogens is 249 g/mol. The normalized spacial score (nSPS) is 11.1. The van der Waals surface area contributed by atoms with Gasteiger partial charge in [-0.15, -0.1) is 0 Å². The van der Waals surface area contributed by atoms with Crippen LogP contribution in [0.4, 0.5) is 10.1 Å². The monoisotopic (exact) mass is 257 g/mol. The molecule has 0 saturated heterocycles. The Hall–Kier alpha value is -1.25. The molecule has 84 valence electrons. The van der Waals surface area contributed by atoms with Crippen LogP contribution in [0.1, 0.15) is 5.56 Å². The van der Waals surface area contributed by atoms with Crippen molar-refractivity contribution in [1.82, 2.24) is 5.32 Å². The van der Waals surface area contributed by atoms with Gasteiger partial charge in [0.05, 0.1) is 5.69 Å². The Labute approximate surface area is 102 Å². The maximum absolute atomic E-state index is 13.3. The molecule has 0 radical (unpaired) electrons. The lowest BCUT2D eigenvalue weighted by atomic mass is 10.2. The minimum Gasteiger partial charge on any atom is -0.271 e. The van der Waals surface area contributed by atoms with Crippen LogP contribution < -0.4 is 5.32 Å². The van der Waals surface area contributed by atoms with Crippen LogP contribution in [0.5, 0.6) is 0 Å². The highest BCUT2D eigenvalue weighted by atomic mass is 35.5. The Morgan fingerprint density at radius 3 is 2.81 bits per heavy atom. The minimum atomic E-state index is -0.413. The molecule has 0 bridgehead atoms. The summed E-state index contributed by atoms with van der Waals surface area (Å²) in [6.07, 6.45) is 3.51. The van der Waals surface area contributed by atoms with Gasteiger partial charge in [0, 0.05) is 10.6 Å². The second-order valence-electron chi connectivity index (χ2n) is 2.89. The van der Waals surface area contributed by atoms with Gasteiger partial charge in [-0.1, -0.05) is 23.4 Å². The third-order valence-corrected chi connectivity index (χ3v) is 2.83. The van der Waals surface area contributed by atoms with Crippen LogP contribution in [-0.4, -0.2) is 11.4 Å². The van der Waals surface area contributed by atoms with E-state index in [0.717, 1.165) is 0 Å². The topological polar surface area (TPSA) is 48.2 Å². The van der Waals surface area contributed by atoms with Crippen molar-refractivity contribution in [2.45, 2.75) is 6.92 Å². The van der Waals surface area contributed by atoms with Crippen molar-refractivity contribution in [3.63, 3.8) is 0 Å². The van der Waals surface area contributed by atoms with Crippen LogP contribution in [-0.2, 0) is 0 Å². The zero-order valence-electron chi connectivity index (χ0n) is 8.71. The number of benzene rings is 1. The van der Waals surface area contributed by atoms with Gasteiger partial charge in [-0.3, -0.25) is 5.32 Å². The van der Waals surface area contributed by atoms with Crippen LogP contribution >= 0.6 is 23.4 Å². The molecule has 0 aromatic heterocycles. The van der Waals surface area contributed by atoms with Crippen LogP contribution in [0.2, 0.25) is 5.02 Å². The van der Waals surface area contributed by atoms with Crippen molar-refractivity contribution in [2.24, 2.45) is 4.99 Å². The molecule has 1 aromatic rings. The van der Waals surface area contributed by atoms with E-state index in [1.165, 1.54) is 17.8 Å². The van der Waals surface area contributed by atoms with Crippen LogP contribution in [0.15, 0.2) is 17.1 Å². The van der Waals surface area contributed by atoms with Gasteiger partial charge in [-0.2, -0.15) is 5.26 Å². The molecular formula is C10H9ClFN3S. The number of amidine groups is 1. The summed E-state index contributed by atoms with van der Waals surface area (Å²) in [4.78, 5) is 4.05. The predicted molar refractivity (Wildman–Crippen MR) is 65.5 cm³/mol. The Morgan fingerprint density at radius 1 is 1.62 bits per heavy atom. The van der Waals surface area contributed by atoms with E-state index in [-0.39, 0.29) is 0 Å². The molecule has 6 heteroatoms. The first-order chi connectivity index (χ1) is 7.58. The van der Waals surface area contributed by atoms with Gasteiger partial charge in [0.2, 0.25) is 0 Å². The van der Waals surface area contributed by atoms with E-state index in [1.807, 2.05) is 0 Å². The molecule has 0 unspecified atom stereocenters. The van der Waals surface area contributed by atoms with Crippen molar-refractivity contribution in [1.29, 1.82) is 5.26 Å². The molecule has 0 fully saturated rings. The molecule has 3 nitrogen and oxygen atoms in total. The first kappa shape index (κ1) is 12.8. The Kier molecular flexibility index (Phi) is 4.59. The summed E-state index contributed by atoms with van der Waals surface area (Å²) in [7, 11) is 0. The first-order valence-electron chi connectivity index (χ1n) is 4.32. The molecule has 0 amide bonds. The lowest BCUT2D eigenvalue weighted by Crippen LogP contribution is -2.12. The van der Waals surface area contributed by atoms with Gasteiger partial charge >= 0.3 is 0 Å². The van der Waals surface area contributed by atoms with Crippen molar-refractivity contribution >= 4 is 34.2 Å². The molecule has 0 atom stereocenters. The van der Waals surface area contributed by atoms with E-state index in [0.29, 0.717) is 21.4 Å². The fraction of sp³-hybridized carbons (Fsp3) is 0.200. The average Bonchev–Trinajstić information content (AvgIpc) is 2.25. The molecule has 0 spiro atoms. The van der Waals surface area contributed by atoms with Gasteiger partial charge in [-0.25, -0.2) is 9.38 Å². The number of rotatable bonds is 1. The van der Waals surface area contributed by atoms with E-state index >= 15 is 0 Å². The summed E-state index contributed by atoms with van der Waals surface area (Å²) < 4.78 is 13.3. The largest absolute Gasteiger partial charge is 0.271 e. The molecule has 0 aliphatic heterocycles. The number of aliphatic imine (C=N–C) groups is 1. The van der Waals surface area contributed by atoms with E-state index in [9.17, 15) is 4.39 Å². The maximum atomic E-state index is 13.3. The predicted octanol–water partition coefficient (Wildman–Crippen LogP) is 3.21. The van der Waals surface area contributed by atoms with Crippen molar-refractivity contribution in [2.75, 3.05) is 6.26 Å². The number of hydrogen-bond acceptors (Lipinski definition) is 3. The standard InChI is InChI=1S/C10H9ClFN3S/c1-6-8(11)3-7(4-9(6)12)15-10(16-2)14-5-13/h3-4H,1-2H3,(H,14,15). The summed E-state index contributed by atoms with van der Waals surface area (Å²) in [6.45, 7) is 1.59. The molecule has 16 heavy (non-hydrogen) atoms. The fourth-order valence-electron chi connectivity index (χ4n) is 0.986. The van der Waals surface area contributed by atoms with Gasteiger partial charge in [0.1, 0.15) is 5.82 Å².